The highest BCUT2D eigenvalue weighted by atomic mass is 19.2. The molecule has 0 aliphatic carbocycles. The Labute approximate surface area is 215 Å². The third kappa shape index (κ3) is 5.00. The third-order valence-corrected chi connectivity index (χ3v) is 5.96. The summed E-state index contributed by atoms with van der Waals surface area (Å²) < 4.78 is 29.8. The van der Waals surface area contributed by atoms with Crippen LogP contribution in [0.15, 0.2) is 72.0 Å². The van der Waals surface area contributed by atoms with Gasteiger partial charge in [-0.3, -0.25) is 14.6 Å². The largest absolute Gasteiger partial charge is 0.395 e. The number of carbonyl (C=O) groups is 1. The van der Waals surface area contributed by atoms with Crippen molar-refractivity contribution in [1.82, 2.24) is 24.4 Å². The Hall–Kier alpha value is -4.88. The first-order valence-electron chi connectivity index (χ1n) is 11.7. The smallest absolute Gasteiger partial charge is 0.263 e. The van der Waals surface area contributed by atoms with E-state index in [0.717, 1.165) is 28.6 Å². The molecular weight excluding hydrogens is 492 g/mol. The second kappa shape index (κ2) is 10.6. The Morgan fingerprint density at radius 1 is 1.03 bits per heavy atom. The molecular formula is C28H21F2N5O3. The lowest BCUT2D eigenvalue weighted by Crippen LogP contribution is -2.33. The number of benzene rings is 2. The van der Waals surface area contributed by atoms with Crippen molar-refractivity contribution in [3.8, 4) is 11.8 Å². The molecule has 38 heavy (non-hydrogen) atoms. The van der Waals surface area contributed by atoms with Gasteiger partial charge >= 0.3 is 0 Å². The van der Waals surface area contributed by atoms with Crippen LogP contribution >= 0.6 is 0 Å². The average Bonchev–Trinajstić information content (AvgIpc) is 3.33. The van der Waals surface area contributed by atoms with Gasteiger partial charge in [-0.1, -0.05) is 17.9 Å². The Kier molecular flexibility index (Phi) is 6.93. The maximum atomic E-state index is 13.5. The molecule has 190 valence electrons. The number of nitrogens with one attached hydrogen (secondary N) is 1. The molecule has 0 saturated carbocycles. The molecule has 10 heteroatoms. The number of imidazole rings is 1. The van der Waals surface area contributed by atoms with E-state index in [1.54, 1.807) is 12.5 Å². The Morgan fingerprint density at radius 2 is 1.89 bits per heavy atom. The van der Waals surface area contributed by atoms with Gasteiger partial charge in [0.2, 0.25) is 0 Å². The highest BCUT2D eigenvalue weighted by Crippen LogP contribution is 2.24. The van der Waals surface area contributed by atoms with Gasteiger partial charge in [-0.2, -0.15) is 0 Å². The van der Waals surface area contributed by atoms with Gasteiger partial charge in [-0.25, -0.2) is 13.8 Å². The number of pyridine rings is 2. The summed E-state index contributed by atoms with van der Waals surface area (Å²) >= 11 is 0. The summed E-state index contributed by atoms with van der Waals surface area (Å²) in [7, 11) is 0. The Balaban J connectivity index is 1.30. The van der Waals surface area contributed by atoms with Crippen LogP contribution in [-0.2, 0) is 13.1 Å². The van der Waals surface area contributed by atoms with E-state index in [4.69, 9.17) is 0 Å². The van der Waals surface area contributed by atoms with Crippen molar-refractivity contribution in [3.05, 3.63) is 106 Å². The minimum Gasteiger partial charge on any atom is -0.395 e. The van der Waals surface area contributed by atoms with Gasteiger partial charge in [0.25, 0.3) is 11.5 Å². The predicted molar refractivity (Wildman–Crippen MR) is 137 cm³/mol. The number of hydrogen-bond donors (Lipinski definition) is 2. The number of aliphatic hydroxyl groups excluding tert-OH is 1. The van der Waals surface area contributed by atoms with Crippen LogP contribution in [-0.4, -0.2) is 43.3 Å². The highest BCUT2D eigenvalue weighted by Gasteiger charge is 2.13. The van der Waals surface area contributed by atoms with Crippen molar-refractivity contribution in [2.24, 2.45) is 0 Å². The molecule has 0 unspecified atom stereocenters. The molecule has 0 bridgehead atoms. The molecule has 0 fully saturated rings. The van der Waals surface area contributed by atoms with Crippen LogP contribution in [0.1, 0.15) is 21.5 Å². The van der Waals surface area contributed by atoms with Crippen LogP contribution in [0.25, 0.3) is 21.9 Å². The summed E-state index contributed by atoms with van der Waals surface area (Å²) in [6.45, 7) is 0.364. The summed E-state index contributed by atoms with van der Waals surface area (Å²) in [5.74, 6) is 3.30. The van der Waals surface area contributed by atoms with Crippen LogP contribution in [0.3, 0.4) is 0 Å². The Morgan fingerprint density at radius 3 is 2.71 bits per heavy atom. The third-order valence-electron chi connectivity index (χ3n) is 5.96. The number of rotatable bonds is 6. The molecule has 0 aliphatic heterocycles. The molecule has 2 N–H and O–H groups in total. The highest BCUT2D eigenvalue weighted by molar-refractivity contribution is 6.02. The van der Waals surface area contributed by atoms with E-state index in [0.29, 0.717) is 23.2 Å². The fraction of sp³-hybridized carbons (Fsp3) is 0.143. The van der Waals surface area contributed by atoms with E-state index in [2.05, 4.69) is 27.1 Å². The number of hydrogen-bond acceptors (Lipinski definition) is 5. The number of amides is 1. The van der Waals surface area contributed by atoms with Gasteiger partial charge in [0, 0.05) is 23.7 Å². The molecule has 1 amide bonds. The minimum absolute atomic E-state index is 0.000721. The Bertz CT molecular complexity index is 1800. The van der Waals surface area contributed by atoms with E-state index >= 15 is 0 Å². The zero-order chi connectivity index (χ0) is 26.6. The van der Waals surface area contributed by atoms with E-state index in [1.165, 1.54) is 29.0 Å². The zero-order valence-corrected chi connectivity index (χ0v) is 20.0. The molecule has 5 rings (SSSR count). The lowest BCUT2D eigenvalue weighted by Gasteiger charge is -2.08. The fourth-order valence-corrected chi connectivity index (χ4v) is 4.14. The van der Waals surface area contributed by atoms with E-state index in [1.807, 2.05) is 22.8 Å². The van der Waals surface area contributed by atoms with Gasteiger partial charge in [-0.15, -0.1) is 0 Å². The van der Waals surface area contributed by atoms with Gasteiger partial charge in [0.1, 0.15) is 11.1 Å². The quantitative estimate of drug-likeness (QED) is 0.340. The van der Waals surface area contributed by atoms with Crippen LogP contribution in [0.2, 0.25) is 0 Å². The summed E-state index contributed by atoms with van der Waals surface area (Å²) in [5.41, 5.74) is 2.76. The maximum absolute atomic E-state index is 13.5. The number of halogens is 2. The fourth-order valence-electron chi connectivity index (χ4n) is 4.14. The molecule has 0 spiro atoms. The first-order chi connectivity index (χ1) is 18.4. The molecule has 5 aromatic rings. The molecule has 3 heterocycles. The molecule has 3 aromatic heterocycles. The topological polar surface area (TPSA) is 102 Å². The second-order valence-corrected chi connectivity index (χ2v) is 8.47. The number of carbonyl (C=O) groups excluding carboxylic acids is 1. The van der Waals surface area contributed by atoms with Crippen molar-refractivity contribution in [3.63, 3.8) is 0 Å². The number of fused-ring (bicyclic) bond motifs is 3. The lowest BCUT2D eigenvalue weighted by molar-refractivity contribution is 0.0956. The van der Waals surface area contributed by atoms with Crippen molar-refractivity contribution >= 4 is 27.8 Å². The van der Waals surface area contributed by atoms with Crippen molar-refractivity contribution in [2.75, 3.05) is 13.2 Å². The molecule has 0 atom stereocenters. The minimum atomic E-state index is -1.01. The second-order valence-electron chi connectivity index (χ2n) is 8.47. The van der Waals surface area contributed by atoms with Gasteiger partial charge < -0.3 is 19.6 Å². The zero-order valence-electron chi connectivity index (χ0n) is 20.0. The number of nitrogens with zero attached hydrogens (tertiary/aromatic N) is 4. The summed E-state index contributed by atoms with van der Waals surface area (Å²) in [6, 6.07) is 11.8. The predicted octanol–water partition coefficient (Wildman–Crippen LogP) is 2.85. The molecule has 0 aliphatic rings. The summed E-state index contributed by atoms with van der Waals surface area (Å²) in [6.07, 6.45) is 4.81. The van der Waals surface area contributed by atoms with E-state index < -0.39 is 23.1 Å². The molecule has 0 saturated heterocycles. The van der Waals surface area contributed by atoms with Gasteiger partial charge in [-0.05, 0) is 48.0 Å². The van der Waals surface area contributed by atoms with E-state index in [9.17, 15) is 23.5 Å². The van der Waals surface area contributed by atoms with Crippen LogP contribution in [0.4, 0.5) is 8.78 Å². The first kappa shape index (κ1) is 24.8. The first-order valence-corrected chi connectivity index (χ1v) is 11.7. The monoisotopic (exact) mass is 513 g/mol. The summed E-state index contributed by atoms with van der Waals surface area (Å²) in [5, 5.41) is 12.8. The number of aromatic nitrogens is 4. The molecule has 0 radical (unpaired) electrons. The summed E-state index contributed by atoms with van der Waals surface area (Å²) in [4.78, 5) is 34.2. The lowest BCUT2D eigenvalue weighted by atomic mass is 10.1. The van der Waals surface area contributed by atoms with Crippen LogP contribution in [0.5, 0.6) is 0 Å². The van der Waals surface area contributed by atoms with Crippen molar-refractivity contribution < 1.29 is 18.7 Å². The standard InChI is InChI=1S/C28H21F2N5O3/c29-22-7-5-19(14-23(22)30)16-34-10-2-4-20(28(34)38)27(37)31-9-1-3-18-6-8-24-21(13-18)26-25(15-32-24)33-17-35(26)11-12-36/h2,4-8,10,13-15,17,36H,9,11-12,16H2,(H,31,37). The van der Waals surface area contributed by atoms with Crippen molar-refractivity contribution in [1.29, 1.82) is 0 Å². The normalized spacial score (nSPS) is 10.9. The van der Waals surface area contributed by atoms with Gasteiger partial charge in [0.15, 0.2) is 11.6 Å². The molecule has 8 nitrogen and oxygen atoms in total. The van der Waals surface area contributed by atoms with Crippen molar-refractivity contribution in [2.45, 2.75) is 13.1 Å². The number of aliphatic hydroxyl groups is 1. The van der Waals surface area contributed by atoms with E-state index in [-0.39, 0.29) is 25.3 Å². The van der Waals surface area contributed by atoms with Crippen LogP contribution in [0, 0.1) is 23.5 Å². The average molecular weight is 514 g/mol. The van der Waals surface area contributed by atoms with Gasteiger partial charge in [0.05, 0.1) is 43.3 Å². The van der Waals surface area contributed by atoms with Crippen LogP contribution < -0.4 is 10.9 Å². The SMILES string of the molecule is O=C(NCC#Cc1ccc2ncc3ncn(CCO)c3c2c1)c1cccn(Cc2ccc(F)c(F)c2)c1=O. The molecule has 2 aromatic carbocycles. The maximum Gasteiger partial charge on any atom is 0.263 e.